The van der Waals surface area contributed by atoms with Crippen LogP contribution in [0.5, 0.6) is 5.75 Å². The first-order valence-corrected chi connectivity index (χ1v) is 13.4. The molecule has 3 rings (SSSR count). The van der Waals surface area contributed by atoms with E-state index < -0.39 is 23.4 Å². The zero-order valence-electron chi connectivity index (χ0n) is 18.2. The van der Waals surface area contributed by atoms with E-state index in [0.717, 1.165) is 0 Å². The van der Waals surface area contributed by atoms with Gasteiger partial charge in [-0.3, -0.25) is 9.55 Å². The third-order valence-electron chi connectivity index (χ3n) is 4.60. The molecule has 3 aromatic rings. The number of nitrogens with zero attached hydrogens (tertiary/aromatic N) is 1. The zero-order valence-corrected chi connectivity index (χ0v) is 19.9. The molecule has 1 unspecified atom stereocenters. The minimum atomic E-state index is -4.16. The molecule has 2 aromatic carbocycles. The minimum absolute atomic E-state index is 0.00969. The Bertz CT molecular complexity index is 1190. The Kier molecular flexibility index (Phi) is 8.03. The highest BCUT2D eigenvalue weighted by Gasteiger charge is 2.40. The Morgan fingerprint density at radius 2 is 1.62 bits per heavy atom. The first kappa shape index (κ1) is 24.4. The molecule has 1 atom stereocenters. The van der Waals surface area contributed by atoms with Crippen molar-refractivity contribution in [1.29, 1.82) is 0 Å². The molecular formula is C22H27N2O6PS. The third kappa shape index (κ3) is 5.19. The van der Waals surface area contributed by atoms with Crippen molar-refractivity contribution >= 4 is 28.5 Å². The summed E-state index contributed by atoms with van der Waals surface area (Å²) in [4.78, 5) is 4.29. The molecule has 32 heavy (non-hydrogen) atoms. The molecule has 8 nitrogen and oxygen atoms in total. The van der Waals surface area contributed by atoms with Crippen LogP contribution in [0, 0.1) is 0 Å². The number of benzene rings is 2. The minimum Gasteiger partial charge on any atom is -0.492 e. The number of ether oxygens (including phenoxy) is 1. The molecule has 1 heterocycles. The van der Waals surface area contributed by atoms with Gasteiger partial charge < -0.3 is 13.8 Å². The Morgan fingerprint density at radius 3 is 2.25 bits per heavy atom. The van der Waals surface area contributed by atoms with Crippen LogP contribution < -0.4 is 9.46 Å². The number of pyridine rings is 1. The highest BCUT2D eigenvalue weighted by Crippen LogP contribution is 2.60. The lowest BCUT2D eigenvalue weighted by Gasteiger charge is -2.27. The zero-order chi connectivity index (χ0) is 23.2. The maximum Gasteiger partial charge on any atom is 0.352 e. The SMILES string of the molecule is CCOc1ccc(S(=O)(=O)NC(c2ccccc2)P(=O)(OCC)OCC)c2cccnc12. The monoisotopic (exact) mass is 478 g/mol. The van der Waals surface area contributed by atoms with E-state index in [9.17, 15) is 13.0 Å². The van der Waals surface area contributed by atoms with Crippen molar-refractivity contribution in [2.24, 2.45) is 0 Å². The molecule has 10 heteroatoms. The van der Waals surface area contributed by atoms with E-state index >= 15 is 0 Å². The molecule has 0 saturated heterocycles. The largest absolute Gasteiger partial charge is 0.492 e. The summed E-state index contributed by atoms with van der Waals surface area (Å²) in [6.45, 7) is 5.79. The third-order valence-corrected chi connectivity index (χ3v) is 8.55. The Morgan fingerprint density at radius 1 is 0.938 bits per heavy atom. The van der Waals surface area contributed by atoms with Crippen molar-refractivity contribution in [2.75, 3.05) is 19.8 Å². The van der Waals surface area contributed by atoms with Gasteiger partial charge in [0.15, 0.2) is 0 Å². The van der Waals surface area contributed by atoms with Crippen molar-refractivity contribution in [3.8, 4) is 5.75 Å². The molecule has 0 aliphatic heterocycles. The number of fused-ring (bicyclic) bond motifs is 1. The highest BCUT2D eigenvalue weighted by atomic mass is 32.2. The molecule has 172 valence electrons. The first-order chi connectivity index (χ1) is 15.4. The predicted octanol–water partition coefficient (Wildman–Crippen LogP) is 4.88. The van der Waals surface area contributed by atoms with E-state index in [2.05, 4.69) is 9.71 Å². The Balaban J connectivity index is 2.12. The number of hydrogen-bond acceptors (Lipinski definition) is 7. The lowest BCUT2D eigenvalue weighted by atomic mass is 10.2. The summed E-state index contributed by atoms with van der Waals surface area (Å²) in [6, 6.07) is 14.9. The Hall–Kier alpha value is -2.29. The van der Waals surface area contributed by atoms with Gasteiger partial charge in [0, 0.05) is 11.6 Å². The fraction of sp³-hybridized carbons (Fsp3) is 0.318. The van der Waals surface area contributed by atoms with Crippen molar-refractivity contribution in [3.05, 3.63) is 66.4 Å². The molecule has 0 amide bonds. The van der Waals surface area contributed by atoms with E-state index in [1.54, 1.807) is 68.6 Å². The second-order valence-corrected chi connectivity index (χ2v) is 10.5. The van der Waals surface area contributed by atoms with Crippen LogP contribution in [-0.2, 0) is 23.6 Å². The van der Waals surface area contributed by atoms with Crippen LogP contribution in [0.4, 0.5) is 0 Å². The van der Waals surface area contributed by atoms with E-state index in [0.29, 0.717) is 28.8 Å². The number of aromatic nitrogens is 1. The number of nitrogens with one attached hydrogen (secondary N) is 1. The summed E-state index contributed by atoms with van der Waals surface area (Å²) in [5.74, 6) is -0.747. The maximum atomic E-state index is 13.6. The van der Waals surface area contributed by atoms with Crippen LogP contribution in [0.25, 0.3) is 10.9 Å². The Labute approximate surface area is 188 Å². The van der Waals surface area contributed by atoms with Gasteiger partial charge in [-0.15, -0.1) is 0 Å². The smallest absolute Gasteiger partial charge is 0.352 e. The van der Waals surface area contributed by atoms with E-state index in [4.69, 9.17) is 13.8 Å². The van der Waals surface area contributed by atoms with Crippen molar-refractivity contribution in [1.82, 2.24) is 9.71 Å². The van der Waals surface area contributed by atoms with E-state index in [-0.39, 0.29) is 18.1 Å². The molecule has 0 bridgehead atoms. The molecule has 1 N–H and O–H groups in total. The van der Waals surface area contributed by atoms with E-state index in [1.165, 1.54) is 6.07 Å². The van der Waals surface area contributed by atoms with Crippen LogP contribution in [0.3, 0.4) is 0 Å². The van der Waals surface area contributed by atoms with Crippen molar-refractivity contribution < 1.29 is 26.8 Å². The second-order valence-electron chi connectivity index (χ2n) is 6.70. The molecular weight excluding hydrogens is 451 g/mol. The van der Waals surface area contributed by atoms with Gasteiger partial charge >= 0.3 is 7.60 Å². The van der Waals surface area contributed by atoms with Gasteiger partial charge in [0.1, 0.15) is 17.0 Å². The molecule has 0 radical (unpaired) electrons. The van der Waals surface area contributed by atoms with Crippen molar-refractivity contribution in [3.63, 3.8) is 0 Å². The van der Waals surface area contributed by atoms with Crippen LogP contribution in [0.1, 0.15) is 32.1 Å². The summed E-state index contributed by atoms with van der Waals surface area (Å²) in [5.41, 5.74) is 0.890. The summed E-state index contributed by atoms with van der Waals surface area (Å²) in [5, 5.41) is 0.389. The van der Waals surface area contributed by atoms with Crippen LogP contribution in [0.2, 0.25) is 0 Å². The molecule has 0 saturated carbocycles. The van der Waals surface area contributed by atoms with Gasteiger partial charge in [0.05, 0.1) is 24.7 Å². The van der Waals surface area contributed by atoms with E-state index in [1.807, 2.05) is 6.92 Å². The first-order valence-electron chi connectivity index (χ1n) is 10.3. The standard InChI is InChI=1S/C22H27N2O6PS/c1-4-28-19-14-15-20(18-13-10-16-23-21(18)19)32(26,27)24-22(17-11-8-7-9-12-17)31(25,29-5-2)30-6-3/h7-16,22,24H,4-6H2,1-3H3. The second kappa shape index (κ2) is 10.6. The summed E-state index contributed by atoms with van der Waals surface area (Å²) < 4.78 is 59.8. The van der Waals surface area contributed by atoms with Gasteiger partial charge in [-0.05, 0) is 50.6 Å². The topological polar surface area (TPSA) is 104 Å². The average Bonchev–Trinajstić information content (AvgIpc) is 2.78. The highest BCUT2D eigenvalue weighted by molar-refractivity contribution is 7.90. The van der Waals surface area contributed by atoms with Crippen LogP contribution in [0.15, 0.2) is 65.7 Å². The predicted molar refractivity (Wildman–Crippen MR) is 123 cm³/mol. The summed E-state index contributed by atoms with van der Waals surface area (Å²) in [7, 11) is -8.04. The summed E-state index contributed by atoms with van der Waals surface area (Å²) in [6.07, 6.45) is 1.57. The molecule has 0 spiro atoms. The number of hydrogen-bond donors (Lipinski definition) is 1. The van der Waals surface area contributed by atoms with Gasteiger partial charge in [-0.2, -0.15) is 4.72 Å². The van der Waals surface area contributed by atoms with Crippen LogP contribution >= 0.6 is 7.60 Å². The normalized spacial score (nSPS) is 13.2. The molecule has 1 aromatic heterocycles. The number of sulfonamides is 1. The average molecular weight is 479 g/mol. The van der Waals surface area contributed by atoms with Gasteiger partial charge in [0.2, 0.25) is 10.0 Å². The fourth-order valence-corrected chi connectivity index (χ4v) is 7.15. The van der Waals surface area contributed by atoms with Gasteiger partial charge in [0.25, 0.3) is 0 Å². The van der Waals surface area contributed by atoms with Crippen LogP contribution in [-0.4, -0.2) is 33.2 Å². The fourth-order valence-electron chi connectivity index (χ4n) is 3.33. The summed E-state index contributed by atoms with van der Waals surface area (Å²) >= 11 is 0. The van der Waals surface area contributed by atoms with Gasteiger partial charge in [-0.25, -0.2) is 8.42 Å². The molecule has 0 aliphatic rings. The molecule has 0 aliphatic carbocycles. The van der Waals surface area contributed by atoms with Crippen molar-refractivity contribution in [2.45, 2.75) is 31.4 Å². The van der Waals surface area contributed by atoms with Gasteiger partial charge in [-0.1, -0.05) is 30.3 Å². The number of rotatable bonds is 11. The quantitative estimate of drug-likeness (QED) is 0.392. The molecule has 0 fully saturated rings. The lowest BCUT2D eigenvalue weighted by Crippen LogP contribution is -2.30. The lowest BCUT2D eigenvalue weighted by molar-refractivity contribution is 0.210. The maximum absolute atomic E-state index is 13.6.